The van der Waals surface area contributed by atoms with Gasteiger partial charge >= 0.3 is 6.03 Å². The average Bonchev–Trinajstić information content (AvgIpc) is 2.75. The van der Waals surface area contributed by atoms with Crippen molar-refractivity contribution in [2.75, 3.05) is 26.2 Å². The second-order valence-electron chi connectivity index (χ2n) is 4.26. The van der Waals surface area contributed by atoms with Gasteiger partial charge in [-0.1, -0.05) is 0 Å². The van der Waals surface area contributed by atoms with Crippen molar-refractivity contribution in [3.63, 3.8) is 0 Å². The number of amides is 2. The average molecular weight is 237 g/mol. The highest BCUT2D eigenvalue weighted by molar-refractivity contribution is 5.77. The quantitative estimate of drug-likeness (QED) is 0.568. The summed E-state index contributed by atoms with van der Waals surface area (Å²) in [5, 5.41) is 0. The summed E-state index contributed by atoms with van der Waals surface area (Å²) >= 11 is 0. The number of hydrogen-bond donors (Lipinski definition) is 0. The zero-order valence-electron chi connectivity index (χ0n) is 10.2. The topological polar surface area (TPSA) is 49.4 Å². The van der Waals surface area contributed by atoms with E-state index in [0.717, 1.165) is 0 Å². The summed E-state index contributed by atoms with van der Waals surface area (Å²) in [5.41, 5.74) is 0. The molecule has 1 fully saturated rings. The third-order valence-corrected chi connectivity index (χ3v) is 2.99. The minimum Gasteiger partial charge on any atom is -0.339 e. The first-order chi connectivity index (χ1) is 8.08. The monoisotopic (exact) mass is 237 g/mol. The van der Waals surface area contributed by atoms with Crippen LogP contribution in [-0.4, -0.2) is 52.5 Å². The van der Waals surface area contributed by atoms with E-state index in [9.17, 15) is 9.59 Å². The number of imidazole rings is 1. The predicted octanol–water partition coefficient (Wildman–Crippen LogP) is -0.555. The zero-order valence-corrected chi connectivity index (χ0v) is 10.2. The summed E-state index contributed by atoms with van der Waals surface area (Å²) in [4.78, 5) is 26.8. The molecule has 6 nitrogen and oxygen atoms in total. The number of carbonyl (C=O) groups is 2. The molecule has 2 heterocycles. The Morgan fingerprint density at radius 2 is 1.71 bits per heavy atom. The van der Waals surface area contributed by atoms with Crippen LogP contribution in [0.25, 0.3) is 0 Å². The van der Waals surface area contributed by atoms with Crippen LogP contribution in [0.5, 0.6) is 0 Å². The van der Waals surface area contributed by atoms with Crippen molar-refractivity contribution in [2.24, 2.45) is 7.05 Å². The molecule has 92 valence electrons. The number of aryl methyl sites for hydroxylation is 1. The summed E-state index contributed by atoms with van der Waals surface area (Å²) in [6, 6.07) is -0.0335. The molecule has 2 rings (SSSR count). The number of rotatable bonds is 0. The van der Waals surface area contributed by atoms with Gasteiger partial charge in [-0.05, 0) is 0 Å². The van der Waals surface area contributed by atoms with Crippen LogP contribution in [0.3, 0.4) is 0 Å². The summed E-state index contributed by atoms with van der Waals surface area (Å²) in [6.07, 6.45) is 5.29. The van der Waals surface area contributed by atoms with Gasteiger partial charge in [-0.2, -0.15) is 4.57 Å². The van der Waals surface area contributed by atoms with E-state index in [-0.39, 0.29) is 11.9 Å². The highest BCUT2D eigenvalue weighted by atomic mass is 16.2. The van der Waals surface area contributed by atoms with Crippen LogP contribution in [0.1, 0.15) is 6.92 Å². The standard InChI is InChI=1S/C11H17N4O2/c1-10(16)13-5-7-14(8-6-13)11(17)15-4-3-12(2)9-15/h3-4,9H,5-8H2,1-2H3/q+1. The molecule has 1 aliphatic rings. The lowest BCUT2D eigenvalue weighted by molar-refractivity contribution is -0.670. The van der Waals surface area contributed by atoms with Crippen molar-refractivity contribution < 1.29 is 14.2 Å². The maximum atomic E-state index is 12.1. The maximum Gasteiger partial charge on any atom is 0.415 e. The normalized spacial score (nSPS) is 16.1. The lowest BCUT2D eigenvalue weighted by Crippen LogP contribution is -2.51. The van der Waals surface area contributed by atoms with Gasteiger partial charge in [0, 0.05) is 33.1 Å². The van der Waals surface area contributed by atoms with Crippen molar-refractivity contribution in [3.05, 3.63) is 18.7 Å². The van der Waals surface area contributed by atoms with Crippen molar-refractivity contribution in [1.82, 2.24) is 14.4 Å². The van der Waals surface area contributed by atoms with Crippen LogP contribution in [0.4, 0.5) is 4.79 Å². The van der Waals surface area contributed by atoms with Gasteiger partial charge in [-0.3, -0.25) is 4.79 Å². The van der Waals surface area contributed by atoms with Crippen LogP contribution in [0.15, 0.2) is 18.7 Å². The molecular weight excluding hydrogens is 220 g/mol. The summed E-state index contributed by atoms with van der Waals surface area (Å²) in [7, 11) is 1.87. The van der Waals surface area contributed by atoms with E-state index in [4.69, 9.17) is 0 Å². The van der Waals surface area contributed by atoms with Gasteiger partial charge in [0.05, 0.1) is 7.05 Å². The minimum absolute atomic E-state index is 0.0335. The predicted molar refractivity (Wildman–Crippen MR) is 60.2 cm³/mol. The fourth-order valence-electron chi connectivity index (χ4n) is 1.94. The highest BCUT2D eigenvalue weighted by Crippen LogP contribution is 2.04. The van der Waals surface area contributed by atoms with Gasteiger partial charge in [0.1, 0.15) is 12.4 Å². The Kier molecular flexibility index (Phi) is 3.12. The molecule has 1 aliphatic heterocycles. The molecule has 17 heavy (non-hydrogen) atoms. The summed E-state index contributed by atoms with van der Waals surface area (Å²) < 4.78 is 3.38. The van der Waals surface area contributed by atoms with E-state index in [2.05, 4.69) is 0 Å². The smallest absolute Gasteiger partial charge is 0.339 e. The molecule has 1 aromatic heterocycles. The first-order valence-electron chi connectivity index (χ1n) is 5.66. The molecule has 0 saturated carbocycles. The van der Waals surface area contributed by atoms with Gasteiger partial charge < -0.3 is 9.80 Å². The Hall–Kier alpha value is -1.85. The SMILES string of the molecule is CC(=O)N1CCN(C(=O)n2cc[n+](C)c2)CC1. The third kappa shape index (κ3) is 2.46. The van der Waals surface area contributed by atoms with E-state index in [1.807, 2.05) is 17.8 Å². The molecule has 0 atom stereocenters. The Morgan fingerprint density at radius 3 is 2.18 bits per heavy atom. The molecule has 0 unspecified atom stereocenters. The molecule has 0 spiro atoms. The maximum absolute atomic E-state index is 12.1. The molecule has 0 bridgehead atoms. The second kappa shape index (κ2) is 4.57. The Bertz CT molecular complexity index is 432. The van der Waals surface area contributed by atoms with Gasteiger partial charge in [0.2, 0.25) is 5.91 Å². The van der Waals surface area contributed by atoms with Crippen molar-refractivity contribution >= 4 is 11.9 Å². The molecular formula is C11H17N4O2+. The lowest BCUT2D eigenvalue weighted by Gasteiger charge is -2.32. The number of piperazine rings is 1. The van der Waals surface area contributed by atoms with Crippen molar-refractivity contribution in [1.29, 1.82) is 0 Å². The summed E-state index contributed by atoms with van der Waals surface area (Å²) in [6.45, 7) is 3.99. The molecule has 6 heteroatoms. The van der Waals surface area contributed by atoms with Gasteiger partial charge in [0.15, 0.2) is 0 Å². The number of nitrogens with zero attached hydrogens (tertiary/aromatic N) is 4. The Morgan fingerprint density at radius 1 is 1.12 bits per heavy atom. The Labute approximate surface area is 100 Å². The van der Waals surface area contributed by atoms with E-state index >= 15 is 0 Å². The fourth-order valence-corrected chi connectivity index (χ4v) is 1.94. The third-order valence-electron chi connectivity index (χ3n) is 2.99. The molecule has 0 N–H and O–H groups in total. The molecule has 1 saturated heterocycles. The number of carbonyl (C=O) groups excluding carboxylic acids is 2. The zero-order chi connectivity index (χ0) is 12.4. The van der Waals surface area contributed by atoms with Gasteiger partial charge in [-0.25, -0.2) is 9.36 Å². The number of aromatic nitrogens is 2. The molecule has 0 aliphatic carbocycles. The van der Waals surface area contributed by atoms with Crippen LogP contribution >= 0.6 is 0 Å². The van der Waals surface area contributed by atoms with Crippen LogP contribution in [0, 0.1) is 0 Å². The molecule has 2 amide bonds. The van der Waals surface area contributed by atoms with Crippen LogP contribution in [0.2, 0.25) is 0 Å². The molecule has 0 aromatic carbocycles. The first-order valence-corrected chi connectivity index (χ1v) is 5.66. The largest absolute Gasteiger partial charge is 0.415 e. The number of hydrogen-bond acceptors (Lipinski definition) is 2. The van der Waals surface area contributed by atoms with Gasteiger partial charge in [-0.15, -0.1) is 0 Å². The van der Waals surface area contributed by atoms with E-state index < -0.39 is 0 Å². The van der Waals surface area contributed by atoms with E-state index in [0.29, 0.717) is 26.2 Å². The van der Waals surface area contributed by atoms with Crippen LogP contribution < -0.4 is 4.57 Å². The van der Waals surface area contributed by atoms with Crippen molar-refractivity contribution in [2.45, 2.75) is 6.92 Å². The molecule has 1 aromatic rings. The minimum atomic E-state index is -0.0335. The highest BCUT2D eigenvalue weighted by Gasteiger charge is 2.26. The Balaban J connectivity index is 1.97. The van der Waals surface area contributed by atoms with Crippen molar-refractivity contribution in [3.8, 4) is 0 Å². The molecule has 0 radical (unpaired) electrons. The second-order valence-corrected chi connectivity index (χ2v) is 4.26. The van der Waals surface area contributed by atoms with E-state index in [1.165, 1.54) is 0 Å². The first kappa shape index (κ1) is 11.6. The van der Waals surface area contributed by atoms with Gasteiger partial charge in [0.25, 0.3) is 6.33 Å². The summed E-state index contributed by atoms with van der Waals surface area (Å²) in [5.74, 6) is 0.0736. The van der Waals surface area contributed by atoms with E-state index in [1.54, 1.807) is 33.8 Å². The fraction of sp³-hybridized carbons (Fsp3) is 0.545. The van der Waals surface area contributed by atoms with Crippen LogP contribution in [-0.2, 0) is 11.8 Å². The lowest BCUT2D eigenvalue weighted by atomic mass is 10.3.